The standard InChI is InChI=1S/C15H25NO2S/c1-5-7-13-11(6-2)8-14(19-13)15(18)16-12(9-17)10(3)4/h8,10,12,17H,5-7,9H2,1-4H3,(H,16,18)/t12-/m1/s1. The van der Waals surface area contributed by atoms with Gasteiger partial charge in [0.25, 0.3) is 5.91 Å². The number of thiophene rings is 1. The predicted molar refractivity (Wildman–Crippen MR) is 80.9 cm³/mol. The molecule has 0 spiro atoms. The minimum Gasteiger partial charge on any atom is -0.394 e. The molecule has 0 saturated carbocycles. The van der Waals surface area contributed by atoms with Crippen LogP contribution >= 0.6 is 11.3 Å². The first kappa shape index (κ1) is 16.2. The molecule has 1 heterocycles. The topological polar surface area (TPSA) is 49.3 Å². The van der Waals surface area contributed by atoms with E-state index in [0.717, 1.165) is 24.1 Å². The SMILES string of the molecule is CCCc1sc(C(=O)N[C@H](CO)C(C)C)cc1CC. The van der Waals surface area contributed by atoms with E-state index in [1.807, 2.05) is 19.9 Å². The number of aliphatic hydroxyl groups excluding tert-OH is 1. The van der Waals surface area contributed by atoms with Gasteiger partial charge in [0.2, 0.25) is 0 Å². The second kappa shape index (κ2) is 7.65. The molecule has 108 valence electrons. The molecular weight excluding hydrogens is 258 g/mol. The lowest BCUT2D eigenvalue weighted by molar-refractivity contribution is 0.0901. The van der Waals surface area contributed by atoms with Crippen molar-refractivity contribution in [2.45, 2.75) is 53.0 Å². The monoisotopic (exact) mass is 283 g/mol. The van der Waals surface area contributed by atoms with Gasteiger partial charge in [-0.25, -0.2) is 0 Å². The summed E-state index contributed by atoms with van der Waals surface area (Å²) in [6.07, 6.45) is 3.10. The Bertz CT molecular complexity index is 412. The van der Waals surface area contributed by atoms with Crippen molar-refractivity contribution in [2.75, 3.05) is 6.61 Å². The van der Waals surface area contributed by atoms with Crippen LogP contribution in [0, 0.1) is 5.92 Å². The average Bonchev–Trinajstić information content (AvgIpc) is 2.79. The molecule has 4 heteroatoms. The van der Waals surface area contributed by atoms with Crippen LogP contribution < -0.4 is 5.32 Å². The zero-order chi connectivity index (χ0) is 14.4. The molecule has 1 atom stereocenters. The van der Waals surface area contributed by atoms with Crippen molar-refractivity contribution in [3.8, 4) is 0 Å². The van der Waals surface area contributed by atoms with Gasteiger partial charge >= 0.3 is 0 Å². The van der Waals surface area contributed by atoms with E-state index in [4.69, 9.17) is 0 Å². The van der Waals surface area contributed by atoms with Crippen LogP contribution in [0.4, 0.5) is 0 Å². The van der Waals surface area contributed by atoms with Gasteiger partial charge < -0.3 is 10.4 Å². The van der Waals surface area contributed by atoms with Crippen molar-refractivity contribution in [3.05, 3.63) is 21.4 Å². The molecule has 0 aliphatic carbocycles. The second-order valence-electron chi connectivity index (χ2n) is 5.17. The van der Waals surface area contributed by atoms with E-state index < -0.39 is 0 Å². The van der Waals surface area contributed by atoms with Crippen molar-refractivity contribution in [2.24, 2.45) is 5.92 Å². The van der Waals surface area contributed by atoms with Gasteiger partial charge in [0.1, 0.15) is 0 Å². The summed E-state index contributed by atoms with van der Waals surface area (Å²) >= 11 is 1.59. The summed E-state index contributed by atoms with van der Waals surface area (Å²) in [5.41, 5.74) is 1.28. The Morgan fingerprint density at radius 3 is 2.58 bits per heavy atom. The third kappa shape index (κ3) is 4.32. The Labute approximate surface area is 120 Å². The molecule has 2 N–H and O–H groups in total. The largest absolute Gasteiger partial charge is 0.394 e. The summed E-state index contributed by atoms with van der Waals surface area (Å²) in [6, 6.07) is 1.83. The van der Waals surface area contributed by atoms with Crippen LogP contribution in [0.2, 0.25) is 0 Å². The van der Waals surface area contributed by atoms with Crippen molar-refractivity contribution in [1.29, 1.82) is 0 Å². The molecule has 0 aliphatic heterocycles. The highest BCUT2D eigenvalue weighted by molar-refractivity contribution is 7.14. The zero-order valence-corrected chi connectivity index (χ0v) is 13.1. The van der Waals surface area contributed by atoms with Crippen LogP contribution in [0.25, 0.3) is 0 Å². The number of carbonyl (C=O) groups excluding carboxylic acids is 1. The lowest BCUT2D eigenvalue weighted by Gasteiger charge is -2.19. The molecule has 3 nitrogen and oxygen atoms in total. The summed E-state index contributed by atoms with van der Waals surface area (Å²) in [5.74, 6) is 0.171. The quantitative estimate of drug-likeness (QED) is 0.808. The Kier molecular flexibility index (Phi) is 6.52. The van der Waals surface area contributed by atoms with Crippen LogP contribution in [-0.4, -0.2) is 23.7 Å². The molecule has 0 bridgehead atoms. The number of nitrogens with one attached hydrogen (secondary N) is 1. The predicted octanol–water partition coefficient (Wildman–Crippen LogP) is 3.01. The number of carbonyl (C=O) groups is 1. The van der Waals surface area contributed by atoms with E-state index >= 15 is 0 Å². The number of amides is 1. The van der Waals surface area contributed by atoms with Gasteiger partial charge in [-0.2, -0.15) is 0 Å². The number of rotatable bonds is 7. The minimum absolute atomic E-state index is 0.0166. The molecule has 1 aromatic rings. The van der Waals surface area contributed by atoms with Gasteiger partial charge in [-0.1, -0.05) is 34.1 Å². The highest BCUT2D eigenvalue weighted by Crippen LogP contribution is 2.24. The Balaban J connectivity index is 2.82. The first-order valence-electron chi connectivity index (χ1n) is 7.06. The molecule has 1 aromatic heterocycles. The third-order valence-electron chi connectivity index (χ3n) is 3.30. The van der Waals surface area contributed by atoms with Crippen LogP contribution in [-0.2, 0) is 12.8 Å². The smallest absolute Gasteiger partial charge is 0.261 e. The Morgan fingerprint density at radius 1 is 1.42 bits per heavy atom. The minimum atomic E-state index is -0.172. The van der Waals surface area contributed by atoms with E-state index in [2.05, 4.69) is 19.2 Å². The molecule has 1 rings (SSSR count). The molecular formula is C15H25NO2S. The van der Waals surface area contributed by atoms with Crippen molar-refractivity contribution < 1.29 is 9.90 Å². The van der Waals surface area contributed by atoms with Crippen LogP contribution in [0.15, 0.2) is 6.07 Å². The summed E-state index contributed by atoms with van der Waals surface area (Å²) in [5, 5.41) is 12.2. The summed E-state index contributed by atoms with van der Waals surface area (Å²) in [6.45, 7) is 8.25. The molecule has 0 saturated heterocycles. The number of aryl methyl sites for hydroxylation is 2. The maximum absolute atomic E-state index is 12.2. The van der Waals surface area contributed by atoms with E-state index in [1.165, 1.54) is 10.4 Å². The summed E-state index contributed by atoms with van der Waals surface area (Å²) in [7, 11) is 0. The highest BCUT2D eigenvalue weighted by Gasteiger charge is 2.18. The maximum atomic E-state index is 12.2. The van der Waals surface area contributed by atoms with E-state index in [9.17, 15) is 9.90 Å². The molecule has 0 fully saturated rings. The van der Waals surface area contributed by atoms with Gasteiger partial charge in [0, 0.05) is 4.88 Å². The molecule has 0 aliphatic rings. The lowest BCUT2D eigenvalue weighted by Crippen LogP contribution is -2.40. The van der Waals surface area contributed by atoms with Gasteiger partial charge in [-0.15, -0.1) is 11.3 Å². The lowest BCUT2D eigenvalue weighted by atomic mass is 10.1. The molecule has 0 aromatic carbocycles. The second-order valence-corrected chi connectivity index (χ2v) is 6.31. The van der Waals surface area contributed by atoms with E-state index in [0.29, 0.717) is 0 Å². The number of aliphatic hydroxyl groups is 1. The fraction of sp³-hybridized carbons (Fsp3) is 0.667. The van der Waals surface area contributed by atoms with Crippen molar-refractivity contribution >= 4 is 17.2 Å². The van der Waals surface area contributed by atoms with Crippen molar-refractivity contribution in [1.82, 2.24) is 5.32 Å². The molecule has 0 unspecified atom stereocenters. The van der Waals surface area contributed by atoms with Gasteiger partial charge in [-0.05, 0) is 30.4 Å². The Morgan fingerprint density at radius 2 is 2.11 bits per heavy atom. The highest BCUT2D eigenvalue weighted by atomic mass is 32.1. The van der Waals surface area contributed by atoms with E-state index in [1.54, 1.807) is 11.3 Å². The van der Waals surface area contributed by atoms with Gasteiger partial charge in [-0.3, -0.25) is 4.79 Å². The third-order valence-corrected chi connectivity index (χ3v) is 4.53. The zero-order valence-electron chi connectivity index (χ0n) is 12.3. The van der Waals surface area contributed by atoms with Gasteiger partial charge in [0.15, 0.2) is 0 Å². The number of hydrogen-bond donors (Lipinski definition) is 2. The van der Waals surface area contributed by atoms with Crippen LogP contribution in [0.5, 0.6) is 0 Å². The average molecular weight is 283 g/mol. The fourth-order valence-corrected chi connectivity index (χ4v) is 3.24. The van der Waals surface area contributed by atoms with E-state index in [-0.39, 0.29) is 24.5 Å². The first-order valence-corrected chi connectivity index (χ1v) is 7.88. The Hall–Kier alpha value is -0.870. The number of hydrogen-bond acceptors (Lipinski definition) is 3. The fourth-order valence-electron chi connectivity index (χ4n) is 1.98. The maximum Gasteiger partial charge on any atom is 0.261 e. The van der Waals surface area contributed by atoms with Crippen LogP contribution in [0.1, 0.15) is 54.2 Å². The first-order chi connectivity index (χ1) is 9.03. The molecule has 0 radical (unpaired) electrons. The van der Waals surface area contributed by atoms with Crippen LogP contribution in [0.3, 0.4) is 0 Å². The summed E-state index contributed by atoms with van der Waals surface area (Å²) in [4.78, 5) is 14.3. The molecule has 1 amide bonds. The van der Waals surface area contributed by atoms with Crippen molar-refractivity contribution in [3.63, 3.8) is 0 Å². The summed E-state index contributed by atoms with van der Waals surface area (Å²) < 4.78 is 0. The normalized spacial score (nSPS) is 12.7. The van der Waals surface area contributed by atoms with Gasteiger partial charge in [0.05, 0.1) is 17.5 Å². The molecule has 19 heavy (non-hydrogen) atoms.